The number of nitrogens with two attached hydrogens (primary N) is 1. The number of nitrogens with zero attached hydrogens (tertiary/aromatic N) is 2. The van der Waals surface area contributed by atoms with Gasteiger partial charge in [0.2, 0.25) is 5.52 Å². The van der Waals surface area contributed by atoms with Crippen molar-refractivity contribution in [2.75, 3.05) is 11.1 Å². The maximum absolute atomic E-state index is 11.1. The van der Waals surface area contributed by atoms with E-state index in [0.717, 1.165) is 0 Å². The van der Waals surface area contributed by atoms with Crippen LogP contribution < -0.4 is 16.0 Å². The van der Waals surface area contributed by atoms with E-state index >= 15 is 0 Å². The van der Waals surface area contributed by atoms with Gasteiger partial charge in [0.05, 0.1) is 0 Å². The molecule has 17 heavy (non-hydrogen) atoms. The summed E-state index contributed by atoms with van der Waals surface area (Å²) in [6.45, 7) is 0. The molecule has 0 aliphatic heterocycles. The largest absolute Gasteiger partial charge is 0.480 e. The van der Waals surface area contributed by atoms with Crippen molar-refractivity contribution in [2.24, 2.45) is 0 Å². The summed E-state index contributed by atoms with van der Waals surface area (Å²) in [5.74, 6) is -0.371. The standard InChI is InChI=1S/C9H10N6O2/c10-8-13-5-4(11-3-12-5)6(14-8)15-9(1-2-9)7(16)17/h3H,1-2H2,(H,16,17)(H4,10,11,12,13,14,15)/p+1. The van der Waals surface area contributed by atoms with E-state index in [1.54, 1.807) is 6.33 Å². The zero-order chi connectivity index (χ0) is 12.0. The van der Waals surface area contributed by atoms with Crippen molar-refractivity contribution in [3.63, 3.8) is 0 Å². The molecule has 6 N–H and O–H groups in total. The Kier molecular flexibility index (Phi) is 1.77. The van der Waals surface area contributed by atoms with Crippen LogP contribution in [0.4, 0.5) is 11.8 Å². The molecular formula is C9H11N6O2+. The van der Waals surface area contributed by atoms with Crippen LogP contribution in [0.1, 0.15) is 12.8 Å². The molecule has 0 unspecified atom stereocenters. The second kappa shape index (κ2) is 3.06. The van der Waals surface area contributed by atoms with Crippen LogP contribution >= 0.6 is 0 Å². The van der Waals surface area contributed by atoms with Gasteiger partial charge in [-0.1, -0.05) is 4.98 Å². The number of hydrogen-bond acceptors (Lipinski definition) is 5. The number of nitrogen functional groups attached to an aromatic ring is 1. The minimum absolute atomic E-state index is 0.0945. The fraction of sp³-hybridized carbons (Fsp3) is 0.333. The molecule has 2 heterocycles. The smallest absolute Gasteiger partial charge is 0.329 e. The van der Waals surface area contributed by atoms with Crippen LogP contribution in [0.2, 0.25) is 0 Å². The van der Waals surface area contributed by atoms with Gasteiger partial charge in [0.25, 0.3) is 5.95 Å². The lowest BCUT2D eigenvalue weighted by molar-refractivity contribution is -0.347. The van der Waals surface area contributed by atoms with Gasteiger partial charge < -0.3 is 16.2 Å². The number of imidazole rings is 1. The lowest BCUT2D eigenvalue weighted by Crippen LogP contribution is -2.32. The third-order valence-corrected chi connectivity index (χ3v) is 2.87. The van der Waals surface area contributed by atoms with Crippen molar-refractivity contribution >= 4 is 28.9 Å². The number of hydrogen-bond donors (Lipinski definition) is 4. The third kappa shape index (κ3) is 1.45. The molecule has 2 aromatic rings. The molecule has 0 saturated heterocycles. The summed E-state index contributed by atoms with van der Waals surface area (Å²) in [6, 6.07) is 0. The number of aliphatic carboxylic acids is 1. The third-order valence-electron chi connectivity index (χ3n) is 2.87. The summed E-state index contributed by atoms with van der Waals surface area (Å²) in [4.78, 5) is 24.9. The summed E-state index contributed by atoms with van der Waals surface area (Å²) in [5.41, 5.74) is 5.81. The van der Waals surface area contributed by atoms with Gasteiger partial charge in [-0.25, -0.2) is 9.78 Å². The Balaban J connectivity index is 2.05. The van der Waals surface area contributed by atoms with Gasteiger partial charge >= 0.3 is 11.6 Å². The summed E-state index contributed by atoms with van der Waals surface area (Å²) >= 11 is 0. The molecule has 0 amide bonds. The Labute approximate surface area is 95.3 Å². The van der Waals surface area contributed by atoms with E-state index in [1.807, 2.05) is 0 Å². The molecule has 1 saturated carbocycles. The highest BCUT2D eigenvalue weighted by Crippen LogP contribution is 2.39. The number of fused-ring (bicyclic) bond motifs is 1. The number of anilines is 2. The maximum Gasteiger partial charge on any atom is 0.329 e. The number of aromatic nitrogens is 4. The summed E-state index contributed by atoms with van der Waals surface area (Å²) < 4.78 is 0. The van der Waals surface area contributed by atoms with Gasteiger partial charge in [-0.15, -0.1) is 0 Å². The van der Waals surface area contributed by atoms with E-state index in [9.17, 15) is 4.79 Å². The number of nitrogens with one attached hydrogen (secondary N) is 3. The van der Waals surface area contributed by atoms with Crippen LogP contribution in [-0.2, 0) is 4.79 Å². The summed E-state index contributed by atoms with van der Waals surface area (Å²) in [5, 5.41) is 12.0. The molecule has 0 bridgehead atoms. The molecule has 3 rings (SSSR count). The molecule has 0 spiro atoms. The van der Waals surface area contributed by atoms with E-state index in [-0.39, 0.29) is 5.95 Å². The predicted octanol–water partition coefficient (Wildman–Crippen LogP) is -0.617. The number of H-pyrrole nitrogens is 2. The Bertz CT molecular complexity index is 603. The first kappa shape index (κ1) is 9.82. The first-order valence-electron chi connectivity index (χ1n) is 5.15. The van der Waals surface area contributed by atoms with Crippen LogP contribution in [0.5, 0.6) is 0 Å². The fourth-order valence-corrected chi connectivity index (χ4v) is 1.73. The normalized spacial score (nSPS) is 16.9. The zero-order valence-corrected chi connectivity index (χ0v) is 8.82. The maximum atomic E-state index is 11.1. The first-order chi connectivity index (χ1) is 8.11. The van der Waals surface area contributed by atoms with Gasteiger partial charge in [-0.3, -0.25) is 4.98 Å². The van der Waals surface area contributed by atoms with E-state index < -0.39 is 11.5 Å². The Morgan fingerprint density at radius 3 is 3.00 bits per heavy atom. The zero-order valence-electron chi connectivity index (χ0n) is 8.82. The topological polar surface area (TPSA) is 131 Å². The Hall–Kier alpha value is -2.38. The number of carboxylic acids is 1. The van der Waals surface area contributed by atoms with E-state index in [4.69, 9.17) is 10.8 Å². The minimum atomic E-state index is -0.904. The number of aromatic amines is 2. The van der Waals surface area contributed by atoms with Crippen molar-refractivity contribution < 1.29 is 14.9 Å². The molecule has 8 nitrogen and oxygen atoms in total. The molecule has 2 aromatic heterocycles. The van der Waals surface area contributed by atoms with E-state index in [0.29, 0.717) is 29.8 Å². The highest BCUT2D eigenvalue weighted by Gasteiger charge is 2.51. The minimum Gasteiger partial charge on any atom is -0.480 e. The molecule has 1 fully saturated rings. The van der Waals surface area contributed by atoms with Crippen molar-refractivity contribution in [1.29, 1.82) is 0 Å². The molecule has 88 valence electrons. The molecule has 8 heteroatoms. The lowest BCUT2D eigenvalue weighted by atomic mass is 10.2. The van der Waals surface area contributed by atoms with Crippen LogP contribution in [0.25, 0.3) is 11.2 Å². The Morgan fingerprint density at radius 2 is 2.35 bits per heavy atom. The molecule has 0 radical (unpaired) electrons. The lowest BCUT2D eigenvalue weighted by Gasteiger charge is -2.11. The van der Waals surface area contributed by atoms with Crippen LogP contribution in [0.15, 0.2) is 6.33 Å². The van der Waals surface area contributed by atoms with Gasteiger partial charge in [0.1, 0.15) is 5.54 Å². The molecule has 1 aliphatic rings. The van der Waals surface area contributed by atoms with E-state index in [1.165, 1.54) is 0 Å². The van der Waals surface area contributed by atoms with E-state index in [2.05, 4.69) is 25.3 Å². The van der Waals surface area contributed by atoms with Crippen LogP contribution in [-0.4, -0.2) is 31.6 Å². The number of carbonyl (C=O) groups is 1. The van der Waals surface area contributed by atoms with Gasteiger partial charge in [-0.05, 0) is 12.8 Å². The predicted molar refractivity (Wildman–Crippen MR) is 58.1 cm³/mol. The summed E-state index contributed by atoms with van der Waals surface area (Å²) in [7, 11) is 0. The fourth-order valence-electron chi connectivity index (χ4n) is 1.73. The van der Waals surface area contributed by atoms with Gasteiger partial charge in [-0.2, -0.15) is 4.98 Å². The Morgan fingerprint density at radius 1 is 1.59 bits per heavy atom. The highest BCUT2D eigenvalue weighted by molar-refractivity contribution is 5.90. The average Bonchev–Trinajstić information content (AvgIpc) is 2.88. The summed E-state index contributed by atoms with van der Waals surface area (Å²) in [6.07, 6.45) is 2.75. The van der Waals surface area contributed by atoms with Crippen molar-refractivity contribution in [2.45, 2.75) is 18.4 Å². The highest BCUT2D eigenvalue weighted by atomic mass is 16.4. The quantitative estimate of drug-likeness (QED) is 0.561. The molecule has 1 aliphatic carbocycles. The van der Waals surface area contributed by atoms with Crippen molar-refractivity contribution in [3.05, 3.63) is 6.33 Å². The van der Waals surface area contributed by atoms with Gasteiger partial charge in [0, 0.05) is 0 Å². The monoisotopic (exact) mass is 235 g/mol. The number of carboxylic acid groups (broad SMARTS) is 1. The molecule has 0 aromatic carbocycles. The van der Waals surface area contributed by atoms with Crippen molar-refractivity contribution in [1.82, 2.24) is 15.0 Å². The molecular weight excluding hydrogens is 224 g/mol. The second-order valence-electron chi connectivity index (χ2n) is 4.10. The van der Waals surface area contributed by atoms with Crippen molar-refractivity contribution in [3.8, 4) is 0 Å². The average molecular weight is 235 g/mol. The van der Waals surface area contributed by atoms with Crippen LogP contribution in [0, 0.1) is 0 Å². The molecule has 0 atom stereocenters. The van der Waals surface area contributed by atoms with Crippen LogP contribution in [0.3, 0.4) is 0 Å². The SMILES string of the molecule is Nc1nc(NC2(C(=O)O)CC2)c2[nH]c[nH+]c2n1. The first-order valence-corrected chi connectivity index (χ1v) is 5.15. The number of rotatable bonds is 3. The van der Waals surface area contributed by atoms with Gasteiger partial charge in [0.15, 0.2) is 12.1 Å². The second-order valence-corrected chi connectivity index (χ2v) is 4.10.